The number of morpholine rings is 1. The SMILES string of the molecule is CCS(=O)(=O)N1CCOCC1N. The summed E-state index contributed by atoms with van der Waals surface area (Å²) in [5.74, 6) is 0.0979. The smallest absolute Gasteiger partial charge is 0.215 e. The lowest BCUT2D eigenvalue weighted by Gasteiger charge is -2.31. The summed E-state index contributed by atoms with van der Waals surface area (Å²) >= 11 is 0. The van der Waals surface area contributed by atoms with Gasteiger partial charge in [-0.2, -0.15) is 4.31 Å². The second-order valence-corrected chi connectivity index (χ2v) is 4.86. The Kier molecular flexibility index (Phi) is 3.05. The van der Waals surface area contributed by atoms with Crippen molar-refractivity contribution in [3.63, 3.8) is 0 Å². The van der Waals surface area contributed by atoms with Gasteiger partial charge < -0.3 is 10.5 Å². The van der Waals surface area contributed by atoms with E-state index < -0.39 is 16.2 Å². The summed E-state index contributed by atoms with van der Waals surface area (Å²) in [5, 5.41) is 0. The Bertz CT molecular complexity index is 239. The zero-order valence-electron chi connectivity index (χ0n) is 7.06. The number of sulfonamides is 1. The Labute approximate surface area is 72.5 Å². The van der Waals surface area contributed by atoms with Gasteiger partial charge in [-0.25, -0.2) is 8.42 Å². The van der Waals surface area contributed by atoms with Gasteiger partial charge in [-0.15, -0.1) is 0 Å². The third-order valence-electron chi connectivity index (χ3n) is 1.84. The van der Waals surface area contributed by atoms with Gasteiger partial charge in [0.1, 0.15) is 0 Å². The third kappa shape index (κ3) is 1.95. The van der Waals surface area contributed by atoms with Gasteiger partial charge in [-0.05, 0) is 6.92 Å². The van der Waals surface area contributed by atoms with Crippen LogP contribution in [-0.2, 0) is 14.8 Å². The van der Waals surface area contributed by atoms with E-state index in [1.807, 2.05) is 0 Å². The van der Waals surface area contributed by atoms with E-state index in [0.29, 0.717) is 19.8 Å². The number of nitrogens with two attached hydrogens (primary N) is 1. The van der Waals surface area contributed by atoms with E-state index in [0.717, 1.165) is 0 Å². The normalized spacial score (nSPS) is 27.3. The van der Waals surface area contributed by atoms with Crippen molar-refractivity contribution in [1.29, 1.82) is 0 Å². The number of hydrogen-bond acceptors (Lipinski definition) is 4. The molecule has 0 aliphatic carbocycles. The molecule has 1 aliphatic heterocycles. The first kappa shape index (κ1) is 9.91. The monoisotopic (exact) mass is 194 g/mol. The lowest BCUT2D eigenvalue weighted by Crippen LogP contribution is -2.53. The van der Waals surface area contributed by atoms with Crippen LogP contribution in [0.4, 0.5) is 0 Å². The number of nitrogens with zero attached hydrogens (tertiary/aromatic N) is 1. The molecule has 5 nitrogen and oxygen atoms in total. The molecule has 0 bridgehead atoms. The van der Waals surface area contributed by atoms with Crippen LogP contribution in [-0.4, -0.2) is 44.4 Å². The maximum Gasteiger partial charge on any atom is 0.215 e. The topological polar surface area (TPSA) is 72.6 Å². The van der Waals surface area contributed by atoms with Crippen LogP contribution in [0, 0.1) is 0 Å². The summed E-state index contributed by atoms with van der Waals surface area (Å²) in [5.41, 5.74) is 5.56. The average Bonchev–Trinajstić information content (AvgIpc) is 2.05. The summed E-state index contributed by atoms with van der Waals surface area (Å²) in [6.07, 6.45) is -0.510. The summed E-state index contributed by atoms with van der Waals surface area (Å²) in [6.45, 7) is 2.71. The van der Waals surface area contributed by atoms with E-state index in [1.54, 1.807) is 6.92 Å². The molecule has 1 rings (SSSR count). The molecule has 0 aromatic heterocycles. The fourth-order valence-corrected chi connectivity index (χ4v) is 2.28. The summed E-state index contributed by atoms with van der Waals surface area (Å²) in [4.78, 5) is 0. The van der Waals surface area contributed by atoms with Crippen LogP contribution in [0.25, 0.3) is 0 Å². The zero-order chi connectivity index (χ0) is 9.19. The van der Waals surface area contributed by atoms with Gasteiger partial charge in [0.25, 0.3) is 0 Å². The Morgan fingerprint density at radius 3 is 2.83 bits per heavy atom. The minimum Gasteiger partial charge on any atom is -0.377 e. The molecule has 0 aromatic rings. The van der Waals surface area contributed by atoms with Gasteiger partial charge >= 0.3 is 0 Å². The maximum atomic E-state index is 11.4. The van der Waals surface area contributed by atoms with Crippen molar-refractivity contribution < 1.29 is 13.2 Å². The summed E-state index contributed by atoms with van der Waals surface area (Å²) in [7, 11) is -3.14. The molecule has 1 fully saturated rings. The Morgan fingerprint density at radius 1 is 1.67 bits per heavy atom. The molecule has 2 N–H and O–H groups in total. The number of ether oxygens (including phenoxy) is 1. The van der Waals surface area contributed by atoms with Crippen LogP contribution in [0.3, 0.4) is 0 Å². The van der Waals surface area contributed by atoms with Crippen LogP contribution in [0.15, 0.2) is 0 Å². The molecule has 1 heterocycles. The highest BCUT2D eigenvalue weighted by atomic mass is 32.2. The molecular weight excluding hydrogens is 180 g/mol. The predicted molar refractivity (Wildman–Crippen MR) is 45.0 cm³/mol. The van der Waals surface area contributed by atoms with E-state index in [-0.39, 0.29) is 5.75 Å². The first-order chi connectivity index (χ1) is 5.58. The highest BCUT2D eigenvalue weighted by Gasteiger charge is 2.28. The number of rotatable bonds is 2. The Hall–Kier alpha value is -0.170. The fraction of sp³-hybridized carbons (Fsp3) is 1.00. The van der Waals surface area contributed by atoms with Gasteiger partial charge in [0, 0.05) is 6.54 Å². The lowest BCUT2D eigenvalue weighted by atomic mass is 10.4. The van der Waals surface area contributed by atoms with Gasteiger partial charge in [0.05, 0.1) is 25.1 Å². The van der Waals surface area contributed by atoms with E-state index in [9.17, 15) is 8.42 Å². The van der Waals surface area contributed by atoms with Crippen molar-refractivity contribution in [2.45, 2.75) is 13.1 Å². The molecule has 0 radical (unpaired) electrons. The van der Waals surface area contributed by atoms with Gasteiger partial charge in [-0.1, -0.05) is 0 Å². The molecule has 12 heavy (non-hydrogen) atoms. The minimum absolute atomic E-state index is 0.0979. The number of hydrogen-bond donors (Lipinski definition) is 1. The third-order valence-corrected chi connectivity index (χ3v) is 3.73. The second-order valence-electron chi connectivity index (χ2n) is 2.65. The quantitative estimate of drug-likeness (QED) is 0.609. The molecule has 72 valence electrons. The standard InChI is InChI=1S/C6H14N2O3S/c1-2-12(9,10)8-3-4-11-5-6(8)7/h6H,2-5,7H2,1H3. The molecule has 6 heteroatoms. The van der Waals surface area contributed by atoms with E-state index in [1.165, 1.54) is 4.31 Å². The van der Waals surface area contributed by atoms with E-state index in [4.69, 9.17) is 10.5 Å². The predicted octanol–water partition coefficient (Wildman–Crippen LogP) is -1.05. The second kappa shape index (κ2) is 3.69. The molecular formula is C6H14N2O3S. The lowest BCUT2D eigenvalue weighted by molar-refractivity contribution is 0.0351. The molecule has 0 saturated carbocycles. The van der Waals surface area contributed by atoms with E-state index >= 15 is 0 Å². The molecule has 0 aromatic carbocycles. The molecule has 1 atom stereocenters. The molecule has 0 spiro atoms. The van der Waals surface area contributed by atoms with Crippen molar-refractivity contribution in [3.05, 3.63) is 0 Å². The Morgan fingerprint density at radius 2 is 2.33 bits per heavy atom. The first-order valence-corrected chi connectivity index (χ1v) is 5.51. The zero-order valence-corrected chi connectivity index (χ0v) is 7.88. The highest BCUT2D eigenvalue weighted by molar-refractivity contribution is 7.89. The highest BCUT2D eigenvalue weighted by Crippen LogP contribution is 2.08. The van der Waals surface area contributed by atoms with Gasteiger partial charge in [0.2, 0.25) is 10.0 Å². The van der Waals surface area contributed by atoms with Crippen molar-refractivity contribution >= 4 is 10.0 Å². The molecule has 0 amide bonds. The fourth-order valence-electron chi connectivity index (χ4n) is 1.12. The Balaban J connectivity index is 2.72. The van der Waals surface area contributed by atoms with Crippen LogP contribution < -0.4 is 5.73 Å². The maximum absolute atomic E-state index is 11.4. The minimum atomic E-state index is -3.14. The average molecular weight is 194 g/mol. The van der Waals surface area contributed by atoms with Crippen molar-refractivity contribution in [1.82, 2.24) is 4.31 Å². The summed E-state index contributed by atoms with van der Waals surface area (Å²) < 4.78 is 29.0. The van der Waals surface area contributed by atoms with Crippen LogP contribution in [0.1, 0.15) is 6.92 Å². The molecule has 1 saturated heterocycles. The van der Waals surface area contributed by atoms with Crippen molar-refractivity contribution in [3.8, 4) is 0 Å². The van der Waals surface area contributed by atoms with Crippen molar-refractivity contribution in [2.75, 3.05) is 25.5 Å². The van der Waals surface area contributed by atoms with Gasteiger partial charge in [0.15, 0.2) is 0 Å². The largest absolute Gasteiger partial charge is 0.377 e. The van der Waals surface area contributed by atoms with Gasteiger partial charge in [-0.3, -0.25) is 0 Å². The molecule has 1 aliphatic rings. The first-order valence-electron chi connectivity index (χ1n) is 3.91. The van der Waals surface area contributed by atoms with Crippen LogP contribution in [0.5, 0.6) is 0 Å². The summed E-state index contributed by atoms with van der Waals surface area (Å²) in [6, 6.07) is 0. The van der Waals surface area contributed by atoms with E-state index in [2.05, 4.69) is 0 Å². The van der Waals surface area contributed by atoms with Crippen molar-refractivity contribution in [2.24, 2.45) is 5.73 Å². The van der Waals surface area contributed by atoms with Crippen LogP contribution >= 0.6 is 0 Å². The molecule has 1 unspecified atom stereocenters. The van der Waals surface area contributed by atoms with Crippen LogP contribution in [0.2, 0.25) is 0 Å².